The van der Waals surface area contributed by atoms with E-state index in [1.165, 1.54) is 31.4 Å². The predicted molar refractivity (Wildman–Crippen MR) is 101 cm³/mol. The summed E-state index contributed by atoms with van der Waals surface area (Å²) in [6, 6.07) is 9.04. The summed E-state index contributed by atoms with van der Waals surface area (Å²) in [7, 11) is 1.40. The van der Waals surface area contributed by atoms with E-state index >= 15 is 0 Å². The van der Waals surface area contributed by atoms with Crippen LogP contribution in [0.4, 0.5) is 0 Å². The van der Waals surface area contributed by atoms with Crippen molar-refractivity contribution < 1.29 is 33.3 Å². The van der Waals surface area contributed by atoms with Crippen molar-refractivity contribution in [3.63, 3.8) is 0 Å². The number of halogens is 1. The Bertz CT molecular complexity index is 948. The number of hydrazine groups is 1. The van der Waals surface area contributed by atoms with Gasteiger partial charge in [-0.3, -0.25) is 20.4 Å². The molecule has 1 aliphatic rings. The van der Waals surface area contributed by atoms with Crippen LogP contribution < -0.4 is 25.1 Å². The minimum atomic E-state index is -0.731. The SMILES string of the molecule is COc1ccc(Cl)cc1C(=O)NNC(=O)COC(=O)c1ccc2c(c1)OCCO2. The minimum absolute atomic E-state index is 0.133. The zero-order valence-electron chi connectivity index (χ0n) is 15.3. The summed E-state index contributed by atoms with van der Waals surface area (Å²) < 4.78 is 20.8. The molecule has 0 aromatic heterocycles. The van der Waals surface area contributed by atoms with Gasteiger partial charge in [0, 0.05) is 5.02 Å². The number of nitrogens with one attached hydrogen (secondary N) is 2. The van der Waals surface area contributed by atoms with Crippen LogP contribution >= 0.6 is 11.6 Å². The predicted octanol–water partition coefficient (Wildman–Crippen LogP) is 1.74. The first-order valence-electron chi connectivity index (χ1n) is 8.47. The number of rotatable bonds is 5. The lowest BCUT2D eigenvalue weighted by Gasteiger charge is -2.18. The average Bonchev–Trinajstić information content (AvgIpc) is 2.75. The second-order valence-corrected chi connectivity index (χ2v) is 6.22. The van der Waals surface area contributed by atoms with Gasteiger partial charge in [0.25, 0.3) is 11.8 Å². The summed E-state index contributed by atoms with van der Waals surface area (Å²) in [5.74, 6) is -0.852. The number of carbonyl (C=O) groups excluding carboxylic acids is 3. The van der Waals surface area contributed by atoms with Gasteiger partial charge in [0.15, 0.2) is 18.1 Å². The first-order chi connectivity index (χ1) is 14.0. The van der Waals surface area contributed by atoms with E-state index in [2.05, 4.69) is 10.9 Å². The third kappa shape index (κ3) is 5.08. The minimum Gasteiger partial charge on any atom is -0.496 e. The van der Waals surface area contributed by atoms with Crippen molar-refractivity contribution in [2.24, 2.45) is 0 Å². The van der Waals surface area contributed by atoms with Crippen LogP contribution in [0.15, 0.2) is 36.4 Å². The van der Waals surface area contributed by atoms with Gasteiger partial charge >= 0.3 is 5.97 Å². The molecule has 2 aromatic carbocycles. The molecular weight excluding hydrogens is 404 g/mol. The molecule has 0 unspecified atom stereocenters. The number of ether oxygens (including phenoxy) is 4. The van der Waals surface area contributed by atoms with Crippen molar-refractivity contribution in [1.82, 2.24) is 10.9 Å². The average molecular weight is 421 g/mol. The molecule has 2 N–H and O–H groups in total. The van der Waals surface area contributed by atoms with Crippen LogP contribution in [0.25, 0.3) is 0 Å². The summed E-state index contributed by atoms with van der Waals surface area (Å²) in [6.45, 7) is 0.217. The molecule has 0 saturated carbocycles. The Morgan fingerprint density at radius 2 is 1.79 bits per heavy atom. The molecule has 0 bridgehead atoms. The van der Waals surface area contributed by atoms with Crippen LogP contribution in [-0.2, 0) is 9.53 Å². The first-order valence-corrected chi connectivity index (χ1v) is 8.85. The number of carbonyl (C=O) groups is 3. The molecule has 0 spiro atoms. The molecule has 2 aromatic rings. The smallest absolute Gasteiger partial charge is 0.338 e. The zero-order chi connectivity index (χ0) is 20.8. The van der Waals surface area contributed by atoms with Crippen molar-refractivity contribution >= 4 is 29.4 Å². The fourth-order valence-electron chi connectivity index (χ4n) is 2.47. The van der Waals surface area contributed by atoms with E-state index in [1.807, 2.05) is 0 Å². The number of methoxy groups -OCH3 is 1. The molecule has 0 fully saturated rings. The molecule has 0 atom stereocenters. The van der Waals surface area contributed by atoms with E-state index in [-0.39, 0.29) is 16.9 Å². The van der Waals surface area contributed by atoms with Crippen molar-refractivity contribution in [2.75, 3.05) is 26.9 Å². The third-order valence-corrected chi connectivity index (χ3v) is 4.07. The van der Waals surface area contributed by atoms with Crippen LogP contribution in [0.3, 0.4) is 0 Å². The Morgan fingerprint density at radius 1 is 1.03 bits per heavy atom. The first kappa shape index (κ1) is 20.3. The maximum atomic E-state index is 12.2. The van der Waals surface area contributed by atoms with Gasteiger partial charge in [0.1, 0.15) is 19.0 Å². The monoisotopic (exact) mass is 420 g/mol. The van der Waals surface area contributed by atoms with Gasteiger partial charge < -0.3 is 18.9 Å². The molecule has 3 rings (SSSR count). The standard InChI is InChI=1S/C19H17ClN2O7/c1-26-14-5-3-12(20)9-13(14)18(24)22-21-17(23)10-29-19(25)11-2-4-15-16(8-11)28-7-6-27-15/h2-5,8-9H,6-7,10H2,1H3,(H,21,23)(H,22,24). The third-order valence-electron chi connectivity index (χ3n) is 3.83. The van der Waals surface area contributed by atoms with Crippen molar-refractivity contribution in [3.05, 3.63) is 52.5 Å². The Balaban J connectivity index is 1.50. The van der Waals surface area contributed by atoms with Crippen LogP contribution in [0.2, 0.25) is 5.02 Å². The molecule has 9 nitrogen and oxygen atoms in total. The van der Waals surface area contributed by atoms with Gasteiger partial charge in [-0.15, -0.1) is 0 Å². The molecular formula is C19H17ClN2O7. The largest absolute Gasteiger partial charge is 0.496 e. The van der Waals surface area contributed by atoms with Crippen LogP contribution in [0, 0.1) is 0 Å². The Morgan fingerprint density at radius 3 is 2.55 bits per heavy atom. The van der Waals surface area contributed by atoms with Gasteiger partial charge in [-0.05, 0) is 36.4 Å². The highest BCUT2D eigenvalue weighted by molar-refractivity contribution is 6.31. The maximum Gasteiger partial charge on any atom is 0.338 e. The van der Waals surface area contributed by atoms with Gasteiger partial charge in [-0.1, -0.05) is 11.6 Å². The second kappa shape index (κ2) is 9.16. The number of amides is 2. The molecule has 152 valence electrons. The molecule has 29 heavy (non-hydrogen) atoms. The number of esters is 1. The lowest BCUT2D eigenvalue weighted by molar-refractivity contribution is -0.125. The summed E-state index contributed by atoms with van der Waals surface area (Å²) in [5, 5.41) is 0.329. The van der Waals surface area contributed by atoms with Crippen LogP contribution in [-0.4, -0.2) is 44.7 Å². The van der Waals surface area contributed by atoms with E-state index in [1.54, 1.807) is 12.1 Å². The summed E-state index contributed by atoms with van der Waals surface area (Å²) in [4.78, 5) is 36.1. The number of benzene rings is 2. The number of fused-ring (bicyclic) bond motifs is 1. The molecule has 0 radical (unpaired) electrons. The molecule has 0 saturated heterocycles. The number of hydrogen-bond donors (Lipinski definition) is 2. The summed E-state index contributed by atoms with van der Waals surface area (Å²) >= 11 is 5.87. The van der Waals surface area contributed by atoms with E-state index in [0.29, 0.717) is 29.7 Å². The van der Waals surface area contributed by atoms with Gasteiger partial charge in [-0.2, -0.15) is 0 Å². The molecule has 10 heteroatoms. The highest BCUT2D eigenvalue weighted by Crippen LogP contribution is 2.30. The van der Waals surface area contributed by atoms with E-state index in [9.17, 15) is 14.4 Å². The zero-order valence-corrected chi connectivity index (χ0v) is 16.1. The molecule has 1 aliphatic heterocycles. The fraction of sp³-hybridized carbons (Fsp3) is 0.211. The van der Waals surface area contributed by atoms with E-state index in [4.69, 9.17) is 30.5 Å². The number of hydrogen-bond acceptors (Lipinski definition) is 7. The molecule has 0 aliphatic carbocycles. The normalized spacial score (nSPS) is 11.9. The molecule has 1 heterocycles. The Labute approximate surface area is 170 Å². The molecule has 2 amide bonds. The van der Waals surface area contributed by atoms with Crippen molar-refractivity contribution in [3.8, 4) is 17.2 Å². The van der Waals surface area contributed by atoms with Gasteiger partial charge in [0.05, 0.1) is 18.2 Å². The Hall–Kier alpha value is -3.46. The van der Waals surface area contributed by atoms with Crippen molar-refractivity contribution in [2.45, 2.75) is 0 Å². The topological polar surface area (TPSA) is 112 Å². The Kier molecular flexibility index (Phi) is 6.40. The lowest BCUT2D eigenvalue weighted by Crippen LogP contribution is -2.43. The van der Waals surface area contributed by atoms with E-state index in [0.717, 1.165) is 0 Å². The van der Waals surface area contributed by atoms with Crippen molar-refractivity contribution in [1.29, 1.82) is 0 Å². The quantitative estimate of drug-likeness (QED) is 0.559. The fourth-order valence-corrected chi connectivity index (χ4v) is 2.64. The highest BCUT2D eigenvalue weighted by Gasteiger charge is 2.17. The maximum absolute atomic E-state index is 12.2. The second-order valence-electron chi connectivity index (χ2n) is 5.78. The lowest BCUT2D eigenvalue weighted by atomic mass is 10.2. The van der Waals surface area contributed by atoms with E-state index < -0.39 is 24.4 Å². The summed E-state index contributed by atoms with van der Waals surface area (Å²) in [6.07, 6.45) is 0. The van der Waals surface area contributed by atoms with Gasteiger partial charge in [0.2, 0.25) is 0 Å². The van der Waals surface area contributed by atoms with Crippen LogP contribution in [0.5, 0.6) is 17.2 Å². The summed E-state index contributed by atoms with van der Waals surface area (Å²) in [5.41, 5.74) is 4.69. The van der Waals surface area contributed by atoms with Gasteiger partial charge in [-0.25, -0.2) is 4.79 Å². The highest BCUT2D eigenvalue weighted by atomic mass is 35.5. The van der Waals surface area contributed by atoms with Crippen LogP contribution in [0.1, 0.15) is 20.7 Å².